The van der Waals surface area contributed by atoms with Crippen LogP contribution in [0.1, 0.15) is 5.56 Å². The molecule has 0 radical (unpaired) electrons. The Balaban J connectivity index is 2.29. The molecule has 0 aliphatic carbocycles. The number of hydrogen-bond donors (Lipinski definition) is 2. The molecule has 2 aromatic rings. The molecule has 3 N–H and O–H groups in total. The first-order chi connectivity index (χ1) is 9.52. The summed E-state index contributed by atoms with van der Waals surface area (Å²) in [5, 5.41) is 2.99. The Morgan fingerprint density at radius 2 is 1.90 bits per heavy atom. The predicted molar refractivity (Wildman–Crippen MR) is 86.3 cm³/mol. The third-order valence-corrected chi connectivity index (χ3v) is 3.71. The second-order valence-electron chi connectivity index (χ2n) is 4.01. The fourth-order valence-corrected chi connectivity index (χ4v) is 2.53. The molecule has 20 heavy (non-hydrogen) atoms. The minimum atomic E-state index is -0.439. The highest BCUT2D eigenvalue weighted by Gasteiger charge is 2.13. The Bertz CT molecular complexity index is 646. The molecule has 2 aromatic carbocycles. The van der Waals surface area contributed by atoms with Gasteiger partial charge in [-0.15, -0.1) is 0 Å². The average molecular weight is 355 g/mol. The molecule has 0 saturated heterocycles. The normalized spacial score (nSPS) is 10.2. The molecular formula is C14H12BrFN2OS. The number of nitrogens with two attached hydrogens (primary N) is 1. The SMILES string of the molecule is COc1ccc(Nc2ccc(C(N)=S)c(Br)c2F)cc1. The molecule has 104 valence electrons. The monoisotopic (exact) mass is 354 g/mol. The van der Waals surface area contributed by atoms with Crippen molar-refractivity contribution in [2.24, 2.45) is 5.73 Å². The second kappa shape index (κ2) is 6.19. The summed E-state index contributed by atoms with van der Waals surface area (Å²) < 4.78 is 19.5. The maximum Gasteiger partial charge on any atom is 0.161 e. The van der Waals surface area contributed by atoms with Crippen LogP contribution in [-0.2, 0) is 0 Å². The molecule has 0 aliphatic heterocycles. The highest BCUT2D eigenvalue weighted by Crippen LogP contribution is 2.29. The molecule has 0 fully saturated rings. The Morgan fingerprint density at radius 1 is 1.25 bits per heavy atom. The van der Waals surface area contributed by atoms with Gasteiger partial charge in [-0.25, -0.2) is 4.39 Å². The van der Waals surface area contributed by atoms with E-state index < -0.39 is 5.82 Å². The van der Waals surface area contributed by atoms with Gasteiger partial charge >= 0.3 is 0 Å². The number of ether oxygens (including phenoxy) is 1. The van der Waals surface area contributed by atoms with Gasteiger partial charge < -0.3 is 15.8 Å². The minimum Gasteiger partial charge on any atom is -0.497 e. The van der Waals surface area contributed by atoms with Crippen molar-refractivity contribution in [2.45, 2.75) is 0 Å². The van der Waals surface area contributed by atoms with E-state index in [0.29, 0.717) is 11.3 Å². The zero-order valence-corrected chi connectivity index (χ0v) is 13.0. The Kier molecular flexibility index (Phi) is 4.57. The maximum absolute atomic E-state index is 14.2. The molecule has 0 heterocycles. The van der Waals surface area contributed by atoms with E-state index in [1.54, 1.807) is 43.5 Å². The lowest BCUT2D eigenvalue weighted by atomic mass is 10.2. The van der Waals surface area contributed by atoms with Gasteiger partial charge in [-0.1, -0.05) is 12.2 Å². The number of rotatable bonds is 4. The van der Waals surface area contributed by atoms with Gasteiger partial charge in [-0.2, -0.15) is 0 Å². The van der Waals surface area contributed by atoms with Crippen LogP contribution in [0.3, 0.4) is 0 Å². The summed E-state index contributed by atoms with van der Waals surface area (Å²) in [7, 11) is 1.59. The summed E-state index contributed by atoms with van der Waals surface area (Å²) in [6.45, 7) is 0. The van der Waals surface area contributed by atoms with E-state index in [1.807, 2.05) is 0 Å². The standard InChI is InChI=1S/C14H12BrFN2OS/c1-19-9-4-2-8(3-5-9)18-11-7-6-10(14(17)20)12(15)13(11)16/h2-7,18H,1H3,(H2,17,20). The molecule has 0 aromatic heterocycles. The minimum absolute atomic E-state index is 0.145. The molecule has 0 saturated carbocycles. The topological polar surface area (TPSA) is 47.3 Å². The van der Waals surface area contributed by atoms with Crippen molar-refractivity contribution in [1.82, 2.24) is 0 Å². The van der Waals surface area contributed by atoms with E-state index in [1.165, 1.54) is 0 Å². The lowest BCUT2D eigenvalue weighted by molar-refractivity contribution is 0.415. The van der Waals surface area contributed by atoms with Gasteiger partial charge in [0, 0.05) is 11.3 Å². The number of benzene rings is 2. The summed E-state index contributed by atoms with van der Waals surface area (Å²) in [4.78, 5) is 0.145. The number of hydrogen-bond acceptors (Lipinski definition) is 3. The Morgan fingerprint density at radius 3 is 2.45 bits per heavy atom. The molecule has 0 bridgehead atoms. The summed E-state index contributed by atoms with van der Waals surface area (Å²) in [5.41, 5.74) is 7.07. The first kappa shape index (κ1) is 14.7. The van der Waals surface area contributed by atoms with Crippen molar-refractivity contribution in [2.75, 3.05) is 12.4 Å². The first-order valence-corrected chi connectivity index (χ1v) is 6.92. The molecule has 2 rings (SSSR count). The number of halogens is 2. The fourth-order valence-electron chi connectivity index (χ4n) is 1.67. The van der Waals surface area contributed by atoms with Crippen LogP contribution in [0.15, 0.2) is 40.9 Å². The molecule has 3 nitrogen and oxygen atoms in total. The van der Waals surface area contributed by atoms with E-state index in [4.69, 9.17) is 22.7 Å². The number of anilines is 2. The quantitative estimate of drug-likeness (QED) is 0.815. The Labute approximate surface area is 130 Å². The highest BCUT2D eigenvalue weighted by molar-refractivity contribution is 9.10. The van der Waals surface area contributed by atoms with Crippen LogP contribution in [0.25, 0.3) is 0 Å². The second-order valence-corrected chi connectivity index (χ2v) is 5.24. The van der Waals surface area contributed by atoms with Gasteiger partial charge in [0.15, 0.2) is 5.82 Å². The van der Waals surface area contributed by atoms with Crippen molar-refractivity contribution in [3.63, 3.8) is 0 Å². The third-order valence-electron chi connectivity index (χ3n) is 2.72. The summed E-state index contributed by atoms with van der Waals surface area (Å²) in [6, 6.07) is 10.4. The number of methoxy groups -OCH3 is 1. The largest absolute Gasteiger partial charge is 0.497 e. The van der Waals surface area contributed by atoms with Crippen LogP contribution in [0.4, 0.5) is 15.8 Å². The summed E-state index contributed by atoms with van der Waals surface area (Å²) >= 11 is 8.02. The maximum atomic E-state index is 14.2. The van der Waals surface area contributed by atoms with Gasteiger partial charge in [-0.3, -0.25) is 0 Å². The molecule has 0 unspecified atom stereocenters. The summed E-state index contributed by atoms with van der Waals surface area (Å²) in [5.74, 6) is 0.298. The number of nitrogens with one attached hydrogen (secondary N) is 1. The highest BCUT2D eigenvalue weighted by atomic mass is 79.9. The van der Waals surface area contributed by atoms with Crippen molar-refractivity contribution in [3.05, 3.63) is 52.3 Å². The van der Waals surface area contributed by atoms with E-state index in [-0.39, 0.29) is 9.46 Å². The molecule has 0 aliphatic rings. The predicted octanol–water partition coefficient (Wildman–Crippen LogP) is 3.97. The van der Waals surface area contributed by atoms with Crippen LogP contribution >= 0.6 is 28.1 Å². The smallest absolute Gasteiger partial charge is 0.161 e. The van der Waals surface area contributed by atoms with E-state index in [0.717, 1.165) is 11.4 Å². The van der Waals surface area contributed by atoms with Crippen molar-refractivity contribution < 1.29 is 9.13 Å². The van der Waals surface area contributed by atoms with Crippen LogP contribution in [0.2, 0.25) is 0 Å². The molecular weight excluding hydrogens is 343 g/mol. The molecule has 6 heteroatoms. The summed E-state index contributed by atoms with van der Waals surface area (Å²) in [6.07, 6.45) is 0. The zero-order chi connectivity index (χ0) is 14.7. The number of thiocarbonyl (C=S) groups is 1. The van der Waals surface area contributed by atoms with Crippen LogP contribution in [0, 0.1) is 5.82 Å². The lowest BCUT2D eigenvalue weighted by Gasteiger charge is -2.11. The van der Waals surface area contributed by atoms with Gasteiger partial charge in [-0.05, 0) is 52.3 Å². The van der Waals surface area contributed by atoms with Crippen LogP contribution in [-0.4, -0.2) is 12.1 Å². The van der Waals surface area contributed by atoms with Gasteiger partial charge in [0.25, 0.3) is 0 Å². The third kappa shape index (κ3) is 3.08. The van der Waals surface area contributed by atoms with Crippen LogP contribution < -0.4 is 15.8 Å². The molecule has 0 amide bonds. The molecule has 0 atom stereocenters. The fraction of sp³-hybridized carbons (Fsp3) is 0.0714. The van der Waals surface area contributed by atoms with Gasteiger partial charge in [0.05, 0.1) is 17.3 Å². The van der Waals surface area contributed by atoms with Gasteiger partial charge in [0.1, 0.15) is 10.7 Å². The lowest BCUT2D eigenvalue weighted by Crippen LogP contribution is -2.11. The first-order valence-electron chi connectivity index (χ1n) is 5.72. The zero-order valence-electron chi connectivity index (χ0n) is 10.6. The average Bonchev–Trinajstić information content (AvgIpc) is 2.44. The van der Waals surface area contributed by atoms with E-state index in [9.17, 15) is 4.39 Å². The van der Waals surface area contributed by atoms with Crippen molar-refractivity contribution in [3.8, 4) is 5.75 Å². The van der Waals surface area contributed by atoms with Gasteiger partial charge in [0.2, 0.25) is 0 Å². The van der Waals surface area contributed by atoms with Crippen LogP contribution in [0.5, 0.6) is 5.75 Å². The van der Waals surface area contributed by atoms with Crippen molar-refractivity contribution >= 4 is 44.5 Å². The van der Waals surface area contributed by atoms with Crippen molar-refractivity contribution in [1.29, 1.82) is 0 Å². The van der Waals surface area contributed by atoms with E-state index in [2.05, 4.69) is 21.2 Å². The Hall–Kier alpha value is -1.66. The molecule has 0 spiro atoms. The van der Waals surface area contributed by atoms with E-state index >= 15 is 0 Å².